The highest BCUT2D eigenvalue weighted by atomic mass is 32.1. The molecule has 1 aromatic rings. The van der Waals surface area contributed by atoms with Crippen molar-refractivity contribution in [2.45, 2.75) is 71.1 Å². The number of methoxy groups -OCH3 is 1. The number of allylic oxidation sites excluding steroid dienone is 1. The highest BCUT2D eigenvalue weighted by Gasteiger charge is 2.50. The highest BCUT2D eigenvalue weighted by Crippen LogP contribution is 2.61. The summed E-state index contributed by atoms with van der Waals surface area (Å²) in [6.45, 7) is 5.39. The van der Waals surface area contributed by atoms with E-state index in [1.54, 1.807) is 11.3 Å². The van der Waals surface area contributed by atoms with Gasteiger partial charge in [-0.15, -0.1) is 11.3 Å². The van der Waals surface area contributed by atoms with Gasteiger partial charge in [-0.25, -0.2) is 4.79 Å². The number of ether oxygens (including phenoxy) is 1. The lowest BCUT2D eigenvalue weighted by Crippen LogP contribution is -2.47. The third-order valence-corrected chi connectivity index (χ3v) is 9.50. The van der Waals surface area contributed by atoms with Crippen LogP contribution in [0.4, 0.5) is 0 Å². The van der Waals surface area contributed by atoms with Crippen molar-refractivity contribution >= 4 is 17.3 Å². The van der Waals surface area contributed by atoms with E-state index in [4.69, 9.17) is 4.74 Å². The second-order valence-corrected chi connectivity index (χ2v) is 12.2. The molecule has 4 bridgehead atoms. The molecule has 0 N–H and O–H groups in total. The molecule has 4 saturated carbocycles. The van der Waals surface area contributed by atoms with Gasteiger partial charge in [0.05, 0.1) is 19.5 Å². The van der Waals surface area contributed by atoms with Gasteiger partial charge < -0.3 is 14.5 Å². The maximum Gasteiger partial charge on any atom is 0.334 e. The van der Waals surface area contributed by atoms with Crippen LogP contribution in [-0.2, 0) is 16.0 Å². The van der Waals surface area contributed by atoms with Crippen molar-refractivity contribution in [1.29, 1.82) is 0 Å². The van der Waals surface area contributed by atoms with Crippen LogP contribution >= 0.6 is 11.3 Å². The number of carbonyl (C=O) groups excluding carboxylic acids is 1. The fourth-order valence-electron chi connectivity index (χ4n) is 7.50. The van der Waals surface area contributed by atoms with Crippen molar-refractivity contribution in [3.8, 4) is 0 Å². The number of unbranched alkanes of at least 4 members (excludes halogenated alkanes) is 1. The Balaban J connectivity index is 1.32. The van der Waals surface area contributed by atoms with Crippen molar-refractivity contribution in [2.24, 2.45) is 23.2 Å². The van der Waals surface area contributed by atoms with Gasteiger partial charge in [0.25, 0.3) is 0 Å². The van der Waals surface area contributed by atoms with Crippen LogP contribution in [0.25, 0.3) is 0 Å². The van der Waals surface area contributed by atoms with Crippen LogP contribution in [-0.4, -0.2) is 42.6 Å². The van der Waals surface area contributed by atoms with Crippen LogP contribution in [0.2, 0.25) is 0 Å². The first kappa shape index (κ1) is 23.0. The molecule has 0 unspecified atom stereocenters. The number of carbonyl (C=O) groups is 1. The third kappa shape index (κ3) is 5.18. The molecule has 4 fully saturated rings. The van der Waals surface area contributed by atoms with E-state index in [9.17, 15) is 4.79 Å². The van der Waals surface area contributed by atoms with Crippen LogP contribution in [0.15, 0.2) is 41.1 Å². The topological polar surface area (TPSA) is 32.8 Å². The molecular weight excluding hydrogens is 428 g/mol. The quantitative estimate of drug-likeness (QED) is 0.302. The predicted molar refractivity (Wildman–Crippen MR) is 135 cm³/mol. The molecule has 4 aliphatic carbocycles. The van der Waals surface area contributed by atoms with Crippen LogP contribution in [0.1, 0.15) is 69.6 Å². The fraction of sp³-hybridized carbons (Fsp3) is 0.679. The Hall–Kier alpha value is -1.75. The summed E-state index contributed by atoms with van der Waals surface area (Å²) in [6, 6.07) is 4.15. The van der Waals surface area contributed by atoms with Gasteiger partial charge >= 0.3 is 5.97 Å². The molecule has 180 valence electrons. The van der Waals surface area contributed by atoms with E-state index < -0.39 is 0 Å². The number of esters is 1. The van der Waals surface area contributed by atoms with E-state index in [0.717, 1.165) is 43.1 Å². The van der Waals surface area contributed by atoms with Crippen molar-refractivity contribution in [3.05, 3.63) is 45.9 Å². The number of thiophene rings is 1. The number of rotatable bonds is 10. The van der Waals surface area contributed by atoms with Crippen molar-refractivity contribution < 1.29 is 9.53 Å². The van der Waals surface area contributed by atoms with Crippen molar-refractivity contribution in [2.75, 3.05) is 26.9 Å². The largest absolute Gasteiger partial charge is 0.466 e. The summed E-state index contributed by atoms with van der Waals surface area (Å²) in [7, 11) is 1.49. The molecule has 0 saturated heterocycles. The molecule has 33 heavy (non-hydrogen) atoms. The summed E-state index contributed by atoms with van der Waals surface area (Å²) in [5, 5.41) is 2.07. The minimum atomic E-state index is -0.211. The average molecular weight is 469 g/mol. The fourth-order valence-corrected chi connectivity index (χ4v) is 8.22. The predicted octanol–water partition coefficient (Wildman–Crippen LogP) is 6.21. The number of nitrogens with zero attached hydrogens (tertiary/aromatic N) is 2. The maximum atomic E-state index is 12.6. The first-order valence-electron chi connectivity index (χ1n) is 13.1. The SMILES string of the molecule is CCCCN1C=C(C=C(Cc2cccs2)C(=O)OC)N(CCC23CC4CC(CC(C4)C2)C3)C1. The maximum absolute atomic E-state index is 12.6. The Morgan fingerprint density at radius 2 is 1.91 bits per heavy atom. The minimum Gasteiger partial charge on any atom is -0.466 e. The second-order valence-electron chi connectivity index (χ2n) is 11.2. The summed E-state index contributed by atoms with van der Waals surface area (Å²) in [5.41, 5.74) is 2.53. The van der Waals surface area contributed by atoms with Crippen LogP contribution < -0.4 is 0 Å². The Labute approximate surface area is 203 Å². The first-order valence-corrected chi connectivity index (χ1v) is 14.0. The molecule has 5 heteroatoms. The van der Waals surface area contributed by atoms with E-state index in [1.165, 1.54) is 75.5 Å². The van der Waals surface area contributed by atoms with E-state index in [1.807, 2.05) is 6.07 Å². The summed E-state index contributed by atoms with van der Waals surface area (Å²) in [5.74, 6) is 2.80. The molecule has 4 nitrogen and oxygen atoms in total. The van der Waals surface area contributed by atoms with Crippen LogP contribution in [0, 0.1) is 23.2 Å². The molecule has 1 aliphatic heterocycles. The molecule has 0 spiro atoms. The van der Waals surface area contributed by atoms with E-state index in [2.05, 4.69) is 40.4 Å². The van der Waals surface area contributed by atoms with Gasteiger partial charge in [-0.05, 0) is 92.1 Å². The number of hydrogen-bond donors (Lipinski definition) is 0. The zero-order valence-corrected chi connectivity index (χ0v) is 21.2. The number of hydrogen-bond acceptors (Lipinski definition) is 5. The van der Waals surface area contributed by atoms with E-state index in [-0.39, 0.29) is 5.97 Å². The zero-order valence-electron chi connectivity index (χ0n) is 20.4. The van der Waals surface area contributed by atoms with E-state index in [0.29, 0.717) is 11.8 Å². The Morgan fingerprint density at radius 3 is 2.52 bits per heavy atom. The summed E-state index contributed by atoms with van der Waals surface area (Å²) >= 11 is 1.70. The second kappa shape index (κ2) is 9.85. The highest BCUT2D eigenvalue weighted by molar-refractivity contribution is 7.09. The molecule has 0 radical (unpaired) electrons. The molecule has 1 aromatic heterocycles. The van der Waals surface area contributed by atoms with E-state index >= 15 is 0 Å². The van der Waals surface area contributed by atoms with Gasteiger partial charge in [-0.2, -0.15) is 0 Å². The van der Waals surface area contributed by atoms with Crippen molar-refractivity contribution in [1.82, 2.24) is 9.80 Å². The molecule has 0 atom stereocenters. The molecule has 2 heterocycles. The minimum absolute atomic E-state index is 0.211. The van der Waals surface area contributed by atoms with Gasteiger partial charge in [0, 0.05) is 36.2 Å². The lowest BCUT2D eigenvalue weighted by atomic mass is 9.49. The summed E-state index contributed by atoms with van der Waals surface area (Å²) in [6.07, 6.45) is 17.7. The molecule has 0 aromatic carbocycles. The molecule has 5 aliphatic rings. The summed E-state index contributed by atoms with van der Waals surface area (Å²) < 4.78 is 5.16. The zero-order chi connectivity index (χ0) is 22.8. The van der Waals surface area contributed by atoms with Crippen LogP contribution in [0.3, 0.4) is 0 Å². The van der Waals surface area contributed by atoms with Gasteiger partial charge in [-0.1, -0.05) is 19.4 Å². The lowest BCUT2D eigenvalue weighted by molar-refractivity contribution is -0.136. The third-order valence-electron chi connectivity index (χ3n) is 8.62. The molecule has 0 amide bonds. The molecular formula is C28H40N2O2S. The summed E-state index contributed by atoms with van der Waals surface area (Å²) in [4.78, 5) is 18.8. The first-order chi connectivity index (χ1) is 16.1. The Kier molecular flexibility index (Phi) is 6.87. The average Bonchev–Trinajstić information content (AvgIpc) is 3.44. The normalized spacial score (nSPS) is 30.8. The standard InChI is InChI=1S/C28H40N2O2S/c1-3-4-8-29-19-25(14-24(27(31)32-2)15-26-6-5-10-33-26)30(20-29)9-7-28-16-21-11-22(17-28)13-23(12-21)18-28/h5-6,10,14,19,21-23H,3-4,7-9,11-13,15-18,20H2,1-2H3. The molecule has 6 rings (SSSR count). The van der Waals surface area contributed by atoms with Gasteiger partial charge in [0.1, 0.15) is 0 Å². The van der Waals surface area contributed by atoms with Gasteiger partial charge in [-0.3, -0.25) is 0 Å². The lowest BCUT2D eigenvalue weighted by Gasteiger charge is -2.57. The van der Waals surface area contributed by atoms with Gasteiger partial charge in [0.15, 0.2) is 0 Å². The van der Waals surface area contributed by atoms with Crippen LogP contribution in [0.5, 0.6) is 0 Å². The monoisotopic (exact) mass is 468 g/mol. The smallest absolute Gasteiger partial charge is 0.334 e. The Bertz CT molecular complexity index is 852. The van der Waals surface area contributed by atoms with Crippen molar-refractivity contribution in [3.63, 3.8) is 0 Å². The Morgan fingerprint density at radius 1 is 1.18 bits per heavy atom. The van der Waals surface area contributed by atoms with Gasteiger partial charge in [0.2, 0.25) is 0 Å².